The zero-order valence-corrected chi connectivity index (χ0v) is 12.3. The molecule has 112 valence electrons. The maximum atomic E-state index is 12.1. The van der Waals surface area contributed by atoms with Gasteiger partial charge in [-0.1, -0.05) is 18.3 Å². The van der Waals surface area contributed by atoms with Crippen molar-refractivity contribution < 1.29 is 4.79 Å². The van der Waals surface area contributed by atoms with Crippen molar-refractivity contribution in [3.63, 3.8) is 0 Å². The van der Waals surface area contributed by atoms with E-state index in [1.165, 1.54) is 19.3 Å². The lowest BCUT2D eigenvalue weighted by Crippen LogP contribution is -2.37. The fourth-order valence-corrected chi connectivity index (χ4v) is 2.40. The monoisotopic (exact) mass is 286 g/mol. The molecule has 5 heteroatoms. The molecule has 1 amide bonds. The maximum absolute atomic E-state index is 12.1. The molecule has 21 heavy (non-hydrogen) atoms. The van der Waals surface area contributed by atoms with Crippen molar-refractivity contribution in [3.8, 4) is 11.8 Å². The molecule has 1 saturated heterocycles. The smallest absolute Gasteiger partial charge is 0.252 e. The van der Waals surface area contributed by atoms with Gasteiger partial charge < -0.3 is 16.0 Å². The van der Waals surface area contributed by atoms with E-state index in [1.54, 1.807) is 18.5 Å². The lowest BCUT2D eigenvalue weighted by Gasteiger charge is -2.26. The molecule has 2 heterocycles. The van der Waals surface area contributed by atoms with Gasteiger partial charge in [0.25, 0.3) is 5.91 Å². The Morgan fingerprint density at radius 2 is 2.14 bits per heavy atom. The first-order chi connectivity index (χ1) is 10.3. The number of carbonyl (C=O) groups is 1. The highest BCUT2D eigenvalue weighted by Crippen LogP contribution is 2.07. The Morgan fingerprint density at radius 3 is 2.90 bits per heavy atom. The second-order valence-corrected chi connectivity index (χ2v) is 5.13. The second-order valence-electron chi connectivity index (χ2n) is 5.13. The van der Waals surface area contributed by atoms with Crippen LogP contribution in [-0.2, 0) is 0 Å². The van der Waals surface area contributed by atoms with E-state index in [9.17, 15) is 4.79 Å². The molecule has 3 N–H and O–H groups in total. The van der Waals surface area contributed by atoms with Gasteiger partial charge in [0.05, 0.1) is 12.1 Å². The van der Waals surface area contributed by atoms with Crippen LogP contribution in [0.4, 0.5) is 0 Å². The standard InChI is InChI=1S/C16H22N4O/c17-6-4-5-14-11-15(13-18-12-14)16(21)19-7-10-20-8-2-1-3-9-20/h11-13H,1-3,6-10,17H2,(H,19,21). The van der Waals surface area contributed by atoms with E-state index in [2.05, 4.69) is 27.0 Å². The predicted octanol–water partition coefficient (Wildman–Crippen LogP) is 0.608. The highest BCUT2D eigenvalue weighted by Gasteiger charge is 2.11. The van der Waals surface area contributed by atoms with Gasteiger partial charge in [0, 0.05) is 31.0 Å². The summed E-state index contributed by atoms with van der Waals surface area (Å²) < 4.78 is 0. The molecule has 1 aromatic rings. The average molecular weight is 286 g/mol. The van der Waals surface area contributed by atoms with Gasteiger partial charge in [0.2, 0.25) is 0 Å². The summed E-state index contributed by atoms with van der Waals surface area (Å²) >= 11 is 0. The maximum Gasteiger partial charge on any atom is 0.252 e. The summed E-state index contributed by atoms with van der Waals surface area (Å²) in [6.45, 7) is 4.15. The molecule has 0 radical (unpaired) electrons. The van der Waals surface area contributed by atoms with Gasteiger partial charge >= 0.3 is 0 Å². The molecule has 1 aromatic heterocycles. The number of likely N-dealkylation sites (tertiary alicyclic amines) is 1. The third-order valence-electron chi connectivity index (χ3n) is 3.50. The van der Waals surface area contributed by atoms with Crippen LogP contribution in [0, 0.1) is 11.8 Å². The summed E-state index contributed by atoms with van der Waals surface area (Å²) in [5.41, 5.74) is 6.58. The van der Waals surface area contributed by atoms with Gasteiger partial charge in [-0.3, -0.25) is 9.78 Å². The van der Waals surface area contributed by atoms with Gasteiger partial charge in [-0.25, -0.2) is 0 Å². The SMILES string of the molecule is NCC#Cc1cncc(C(=O)NCCN2CCCCC2)c1. The van der Waals surface area contributed by atoms with Gasteiger partial charge in [-0.15, -0.1) is 0 Å². The van der Waals surface area contributed by atoms with E-state index in [4.69, 9.17) is 5.73 Å². The van der Waals surface area contributed by atoms with Crippen LogP contribution in [0.1, 0.15) is 35.2 Å². The van der Waals surface area contributed by atoms with Crippen LogP contribution in [-0.4, -0.2) is 48.5 Å². The van der Waals surface area contributed by atoms with E-state index in [-0.39, 0.29) is 5.91 Å². The topological polar surface area (TPSA) is 71.2 Å². The number of carbonyl (C=O) groups excluding carboxylic acids is 1. The number of hydrogen-bond donors (Lipinski definition) is 2. The summed E-state index contributed by atoms with van der Waals surface area (Å²) in [5.74, 6) is 5.54. The van der Waals surface area contributed by atoms with Crippen molar-refractivity contribution in [2.24, 2.45) is 5.73 Å². The molecule has 0 saturated carbocycles. The molecule has 0 unspecified atom stereocenters. The number of rotatable bonds is 4. The van der Waals surface area contributed by atoms with Crippen molar-refractivity contribution in [1.29, 1.82) is 0 Å². The van der Waals surface area contributed by atoms with Crippen molar-refractivity contribution in [3.05, 3.63) is 29.6 Å². The number of hydrogen-bond acceptors (Lipinski definition) is 4. The summed E-state index contributed by atoms with van der Waals surface area (Å²) in [4.78, 5) is 18.5. The van der Waals surface area contributed by atoms with Crippen molar-refractivity contribution in [2.45, 2.75) is 19.3 Å². The number of nitrogens with one attached hydrogen (secondary N) is 1. The van der Waals surface area contributed by atoms with Crippen LogP contribution in [0.5, 0.6) is 0 Å². The molecular formula is C16H22N4O. The second kappa shape index (κ2) is 8.40. The fourth-order valence-electron chi connectivity index (χ4n) is 2.40. The van der Waals surface area contributed by atoms with E-state index < -0.39 is 0 Å². The number of piperidine rings is 1. The fraction of sp³-hybridized carbons (Fsp3) is 0.500. The largest absolute Gasteiger partial charge is 0.351 e. The summed E-state index contributed by atoms with van der Waals surface area (Å²) in [7, 11) is 0. The molecule has 0 aliphatic carbocycles. The molecule has 0 atom stereocenters. The zero-order chi connectivity index (χ0) is 14.9. The molecule has 0 aromatic carbocycles. The van der Waals surface area contributed by atoms with E-state index >= 15 is 0 Å². The van der Waals surface area contributed by atoms with Gasteiger partial charge in [-0.05, 0) is 32.0 Å². The minimum Gasteiger partial charge on any atom is -0.351 e. The van der Waals surface area contributed by atoms with Crippen LogP contribution in [0.25, 0.3) is 0 Å². The Balaban J connectivity index is 1.82. The molecule has 2 rings (SSSR count). The van der Waals surface area contributed by atoms with Crippen molar-refractivity contribution in [1.82, 2.24) is 15.2 Å². The number of nitrogens with two attached hydrogens (primary N) is 1. The number of pyridine rings is 1. The summed E-state index contributed by atoms with van der Waals surface area (Å²) in [6, 6.07) is 1.74. The number of nitrogens with zero attached hydrogens (tertiary/aromatic N) is 2. The van der Waals surface area contributed by atoms with Crippen LogP contribution >= 0.6 is 0 Å². The zero-order valence-electron chi connectivity index (χ0n) is 12.3. The van der Waals surface area contributed by atoms with E-state index in [0.29, 0.717) is 24.2 Å². The molecule has 1 fully saturated rings. The first kappa shape index (κ1) is 15.5. The van der Waals surface area contributed by atoms with E-state index in [1.807, 2.05) is 0 Å². The van der Waals surface area contributed by atoms with Crippen LogP contribution in [0.15, 0.2) is 18.5 Å². The number of aromatic nitrogens is 1. The molecule has 0 spiro atoms. The van der Waals surface area contributed by atoms with E-state index in [0.717, 1.165) is 19.6 Å². The Bertz CT molecular complexity index is 527. The molecule has 5 nitrogen and oxygen atoms in total. The van der Waals surface area contributed by atoms with Gasteiger partial charge in [0.1, 0.15) is 0 Å². The Hall–Kier alpha value is -1.90. The molecular weight excluding hydrogens is 264 g/mol. The Labute approximate surface area is 125 Å². The van der Waals surface area contributed by atoms with Crippen LogP contribution in [0.3, 0.4) is 0 Å². The van der Waals surface area contributed by atoms with Gasteiger partial charge in [-0.2, -0.15) is 0 Å². The molecule has 1 aliphatic rings. The minimum atomic E-state index is -0.101. The average Bonchev–Trinajstić information content (AvgIpc) is 2.54. The van der Waals surface area contributed by atoms with Crippen LogP contribution < -0.4 is 11.1 Å². The highest BCUT2D eigenvalue weighted by molar-refractivity contribution is 5.94. The van der Waals surface area contributed by atoms with Crippen LogP contribution in [0.2, 0.25) is 0 Å². The normalized spacial score (nSPS) is 15.1. The summed E-state index contributed by atoms with van der Waals surface area (Å²) in [5, 5.41) is 2.94. The predicted molar refractivity (Wildman–Crippen MR) is 82.8 cm³/mol. The van der Waals surface area contributed by atoms with Crippen molar-refractivity contribution >= 4 is 5.91 Å². The lowest BCUT2D eigenvalue weighted by molar-refractivity contribution is 0.0946. The third-order valence-corrected chi connectivity index (χ3v) is 3.50. The Kier molecular flexibility index (Phi) is 6.20. The summed E-state index contributed by atoms with van der Waals surface area (Å²) in [6.07, 6.45) is 7.04. The van der Waals surface area contributed by atoms with Crippen molar-refractivity contribution in [2.75, 3.05) is 32.7 Å². The first-order valence-corrected chi connectivity index (χ1v) is 7.44. The highest BCUT2D eigenvalue weighted by atomic mass is 16.1. The quantitative estimate of drug-likeness (QED) is 0.796. The first-order valence-electron chi connectivity index (χ1n) is 7.44. The third kappa shape index (κ3) is 5.18. The Morgan fingerprint density at radius 1 is 1.33 bits per heavy atom. The molecule has 0 bridgehead atoms. The van der Waals surface area contributed by atoms with Gasteiger partial charge in [0.15, 0.2) is 0 Å². The molecule has 1 aliphatic heterocycles. The number of amides is 1. The lowest BCUT2D eigenvalue weighted by atomic mass is 10.1. The minimum absolute atomic E-state index is 0.101.